The van der Waals surface area contributed by atoms with Crippen LogP contribution in [0.15, 0.2) is 35.3 Å². The smallest absolute Gasteiger partial charge is 0.294 e. The number of ether oxygens (including phenoxy) is 1. The van der Waals surface area contributed by atoms with Crippen LogP contribution in [0.4, 0.5) is 14.7 Å². The van der Waals surface area contributed by atoms with E-state index in [1.165, 1.54) is 10.6 Å². The highest BCUT2D eigenvalue weighted by Gasteiger charge is 2.21. The fourth-order valence-electron chi connectivity index (χ4n) is 3.43. The van der Waals surface area contributed by atoms with Crippen molar-refractivity contribution >= 4 is 17.0 Å². The average Bonchev–Trinajstić information content (AvgIpc) is 2.73. The van der Waals surface area contributed by atoms with Crippen LogP contribution in [-0.2, 0) is 7.05 Å². The summed E-state index contributed by atoms with van der Waals surface area (Å²) in [5.41, 5.74) is -0.0685. The summed E-state index contributed by atoms with van der Waals surface area (Å²) in [5.74, 6) is -1.17. The van der Waals surface area contributed by atoms with E-state index in [-0.39, 0.29) is 18.1 Å². The molecule has 0 unspecified atom stereocenters. The van der Waals surface area contributed by atoms with Crippen LogP contribution in [-0.4, -0.2) is 39.3 Å². The highest BCUT2D eigenvalue weighted by Crippen LogP contribution is 2.26. The van der Waals surface area contributed by atoms with Crippen LogP contribution >= 0.6 is 0 Å². The number of pyridine rings is 1. The molecule has 1 aliphatic rings. The van der Waals surface area contributed by atoms with Gasteiger partial charge in [-0.05, 0) is 37.0 Å². The molecule has 0 atom stereocenters. The Morgan fingerprint density at radius 3 is 2.66 bits per heavy atom. The van der Waals surface area contributed by atoms with Gasteiger partial charge in [-0.2, -0.15) is 4.98 Å². The van der Waals surface area contributed by atoms with E-state index in [1.807, 2.05) is 4.90 Å². The molecule has 0 radical (unpaired) electrons. The van der Waals surface area contributed by atoms with Gasteiger partial charge in [-0.1, -0.05) is 0 Å². The number of fused-ring (bicyclic) bond motifs is 1. The Bertz CT molecular complexity index is 1110. The third kappa shape index (κ3) is 3.77. The first kappa shape index (κ1) is 19.3. The number of nitrogens with zero attached hydrogens (tertiary/aromatic N) is 4. The van der Waals surface area contributed by atoms with E-state index in [0.717, 1.165) is 38.1 Å². The van der Waals surface area contributed by atoms with E-state index >= 15 is 0 Å². The highest BCUT2D eigenvalue weighted by molar-refractivity contribution is 5.77. The molecular formula is C20H20F2N4O3. The molecule has 3 aromatic rings. The summed E-state index contributed by atoms with van der Waals surface area (Å²) in [6.45, 7) is 1.64. The molecule has 1 aromatic carbocycles. The monoisotopic (exact) mass is 402 g/mol. The lowest BCUT2D eigenvalue weighted by molar-refractivity contribution is 0.202. The van der Waals surface area contributed by atoms with Gasteiger partial charge in [0.15, 0.2) is 17.3 Å². The number of aromatic nitrogens is 3. The SMILES string of the molecule is Cn1c(=O)c(Oc2ccc(F)cc2F)cc2cnc(N3CCC(CO)CC3)nc21. The number of aliphatic hydroxyl groups is 1. The zero-order valence-electron chi connectivity index (χ0n) is 15.8. The lowest BCUT2D eigenvalue weighted by Crippen LogP contribution is -2.36. The zero-order chi connectivity index (χ0) is 20.5. The molecule has 3 heterocycles. The van der Waals surface area contributed by atoms with Crippen LogP contribution in [0.1, 0.15) is 12.8 Å². The first-order valence-corrected chi connectivity index (χ1v) is 9.31. The second-order valence-electron chi connectivity index (χ2n) is 7.11. The number of hydrogen-bond donors (Lipinski definition) is 1. The molecule has 2 aromatic heterocycles. The molecule has 1 N–H and O–H groups in total. The van der Waals surface area contributed by atoms with Crippen molar-refractivity contribution in [2.75, 3.05) is 24.6 Å². The summed E-state index contributed by atoms with van der Waals surface area (Å²) in [6, 6.07) is 4.32. The summed E-state index contributed by atoms with van der Waals surface area (Å²) in [7, 11) is 1.55. The standard InChI is InChI=1S/C20H20F2N4O3/c1-25-18-13(10-23-20(24-18)26-6-4-12(11-27)5-7-26)8-17(19(25)28)29-16-3-2-14(21)9-15(16)22/h2-3,8-10,12,27H,4-7,11H2,1H3. The summed E-state index contributed by atoms with van der Waals surface area (Å²) in [4.78, 5) is 23.6. The van der Waals surface area contributed by atoms with Crippen LogP contribution in [0.25, 0.3) is 11.0 Å². The van der Waals surface area contributed by atoms with Crippen molar-refractivity contribution in [1.29, 1.82) is 0 Å². The number of halogens is 2. The quantitative estimate of drug-likeness (QED) is 0.723. The van der Waals surface area contributed by atoms with Gasteiger partial charge in [-0.15, -0.1) is 0 Å². The molecule has 4 rings (SSSR count). The Hall–Kier alpha value is -3.07. The van der Waals surface area contributed by atoms with Crippen molar-refractivity contribution in [3.8, 4) is 11.5 Å². The average molecular weight is 402 g/mol. The van der Waals surface area contributed by atoms with Crippen LogP contribution in [0.5, 0.6) is 11.5 Å². The zero-order valence-corrected chi connectivity index (χ0v) is 15.8. The normalized spacial score (nSPS) is 15.1. The van der Waals surface area contributed by atoms with E-state index in [0.29, 0.717) is 29.0 Å². The van der Waals surface area contributed by atoms with Crippen LogP contribution < -0.4 is 15.2 Å². The molecule has 152 valence electrons. The Kier molecular flexibility index (Phi) is 5.14. The van der Waals surface area contributed by atoms with Gasteiger partial charge in [-0.25, -0.2) is 13.8 Å². The number of hydrogen-bond acceptors (Lipinski definition) is 6. The number of piperidine rings is 1. The molecule has 0 saturated carbocycles. The maximum atomic E-state index is 13.9. The van der Waals surface area contributed by atoms with Crippen molar-refractivity contribution in [3.05, 3.63) is 52.5 Å². The van der Waals surface area contributed by atoms with Gasteiger partial charge in [-0.3, -0.25) is 9.36 Å². The third-order valence-corrected chi connectivity index (χ3v) is 5.17. The first-order chi connectivity index (χ1) is 14.0. The molecule has 1 saturated heterocycles. The first-order valence-electron chi connectivity index (χ1n) is 9.31. The van der Waals surface area contributed by atoms with Crippen molar-refractivity contribution in [3.63, 3.8) is 0 Å². The number of benzene rings is 1. The molecule has 7 nitrogen and oxygen atoms in total. The number of aliphatic hydroxyl groups excluding tert-OH is 1. The van der Waals surface area contributed by atoms with Gasteiger partial charge in [0.05, 0.1) is 0 Å². The van der Waals surface area contributed by atoms with Gasteiger partial charge in [0, 0.05) is 44.4 Å². The van der Waals surface area contributed by atoms with Crippen molar-refractivity contribution in [1.82, 2.24) is 14.5 Å². The summed E-state index contributed by atoms with van der Waals surface area (Å²) >= 11 is 0. The number of anilines is 1. The summed E-state index contributed by atoms with van der Waals surface area (Å²) in [5, 5.41) is 9.83. The maximum Gasteiger partial charge on any atom is 0.294 e. The van der Waals surface area contributed by atoms with E-state index in [2.05, 4.69) is 9.97 Å². The largest absolute Gasteiger partial charge is 0.448 e. The van der Waals surface area contributed by atoms with E-state index in [4.69, 9.17) is 4.74 Å². The number of rotatable bonds is 4. The molecular weight excluding hydrogens is 382 g/mol. The maximum absolute atomic E-state index is 13.9. The van der Waals surface area contributed by atoms with E-state index in [9.17, 15) is 18.7 Å². The Balaban J connectivity index is 1.66. The van der Waals surface area contributed by atoms with Crippen LogP contribution in [0, 0.1) is 17.6 Å². The lowest BCUT2D eigenvalue weighted by atomic mass is 9.98. The third-order valence-electron chi connectivity index (χ3n) is 5.17. The Labute approximate surface area is 165 Å². The van der Waals surface area contributed by atoms with Gasteiger partial charge >= 0.3 is 0 Å². The Morgan fingerprint density at radius 1 is 1.21 bits per heavy atom. The molecule has 9 heteroatoms. The Morgan fingerprint density at radius 2 is 1.97 bits per heavy atom. The summed E-state index contributed by atoms with van der Waals surface area (Å²) in [6.07, 6.45) is 3.29. The highest BCUT2D eigenvalue weighted by atomic mass is 19.1. The van der Waals surface area contributed by atoms with Crippen LogP contribution in [0.3, 0.4) is 0 Å². The van der Waals surface area contributed by atoms with Crippen molar-refractivity contribution in [2.24, 2.45) is 13.0 Å². The predicted molar refractivity (Wildman–Crippen MR) is 103 cm³/mol. The van der Waals surface area contributed by atoms with Gasteiger partial charge in [0.1, 0.15) is 11.5 Å². The van der Waals surface area contributed by atoms with Crippen molar-refractivity contribution < 1.29 is 18.6 Å². The lowest BCUT2D eigenvalue weighted by Gasteiger charge is -2.31. The molecule has 0 bridgehead atoms. The van der Waals surface area contributed by atoms with E-state index in [1.54, 1.807) is 13.2 Å². The van der Waals surface area contributed by atoms with E-state index < -0.39 is 17.2 Å². The molecule has 0 aliphatic carbocycles. The molecule has 0 spiro atoms. The van der Waals surface area contributed by atoms with Gasteiger partial charge in [0.2, 0.25) is 5.95 Å². The second kappa shape index (κ2) is 7.75. The molecule has 1 aliphatic heterocycles. The molecule has 29 heavy (non-hydrogen) atoms. The fraction of sp³-hybridized carbons (Fsp3) is 0.350. The topological polar surface area (TPSA) is 80.5 Å². The van der Waals surface area contributed by atoms with Crippen molar-refractivity contribution in [2.45, 2.75) is 12.8 Å². The minimum atomic E-state index is -0.898. The van der Waals surface area contributed by atoms with Crippen LogP contribution in [0.2, 0.25) is 0 Å². The predicted octanol–water partition coefficient (Wildman–Crippen LogP) is 2.61. The minimum Gasteiger partial charge on any atom is -0.448 e. The fourth-order valence-corrected chi connectivity index (χ4v) is 3.43. The second-order valence-corrected chi connectivity index (χ2v) is 7.11. The van der Waals surface area contributed by atoms with Gasteiger partial charge < -0.3 is 14.7 Å². The minimum absolute atomic E-state index is 0.106. The molecule has 1 fully saturated rings. The summed E-state index contributed by atoms with van der Waals surface area (Å²) < 4.78 is 33.7. The molecule has 0 amide bonds. The van der Waals surface area contributed by atoms with Gasteiger partial charge in [0.25, 0.3) is 5.56 Å². The number of aryl methyl sites for hydroxylation is 1.